The molecule has 0 spiro atoms. The lowest BCUT2D eigenvalue weighted by molar-refractivity contribution is 0.0878. The van der Waals surface area contributed by atoms with Gasteiger partial charge in [-0.05, 0) is 39.2 Å². The second kappa shape index (κ2) is 1.95. The summed E-state index contributed by atoms with van der Waals surface area (Å²) in [6.07, 6.45) is 6.46. The molecular weight excluding hydrogens is 124 g/mol. The van der Waals surface area contributed by atoms with Crippen LogP contribution in [-0.4, -0.2) is 23.7 Å². The average Bonchev–Trinajstić information content (AvgIpc) is 2.18. The van der Waals surface area contributed by atoms with E-state index in [2.05, 4.69) is 11.9 Å². The van der Waals surface area contributed by atoms with E-state index in [9.17, 15) is 0 Å². The Kier molecular flexibility index (Phi) is 1.29. The van der Waals surface area contributed by atoms with E-state index in [0.717, 1.165) is 6.04 Å². The van der Waals surface area contributed by atoms with Crippen LogP contribution in [0.1, 0.15) is 32.1 Å². The summed E-state index contributed by atoms with van der Waals surface area (Å²) in [5.74, 6) is 0. The van der Waals surface area contributed by atoms with Crippen LogP contribution in [0.5, 0.6) is 0 Å². The van der Waals surface area contributed by atoms with Crippen LogP contribution in [0.4, 0.5) is 0 Å². The highest BCUT2D eigenvalue weighted by Gasteiger charge is 2.43. The molecule has 0 aromatic heterocycles. The molecule has 2 heteroatoms. The Morgan fingerprint density at radius 1 is 1.40 bits per heavy atom. The van der Waals surface area contributed by atoms with Crippen molar-refractivity contribution in [2.45, 2.75) is 43.8 Å². The van der Waals surface area contributed by atoms with E-state index >= 15 is 0 Å². The molecule has 2 bridgehead atoms. The number of nitrogens with two attached hydrogens (primary N) is 1. The Bertz CT molecular complexity index is 142. The van der Waals surface area contributed by atoms with E-state index in [1.165, 1.54) is 32.1 Å². The number of nitrogens with zero attached hydrogens (tertiary/aromatic N) is 1. The van der Waals surface area contributed by atoms with E-state index < -0.39 is 0 Å². The van der Waals surface area contributed by atoms with Crippen LogP contribution in [0.2, 0.25) is 0 Å². The average molecular weight is 140 g/mol. The summed E-state index contributed by atoms with van der Waals surface area (Å²) in [4.78, 5) is 2.39. The fourth-order valence-electron chi connectivity index (χ4n) is 2.43. The molecule has 0 aromatic carbocycles. The Balaban J connectivity index is 2.21. The van der Waals surface area contributed by atoms with Gasteiger partial charge in [0, 0.05) is 6.04 Å². The Morgan fingerprint density at radius 2 is 2.20 bits per heavy atom. The van der Waals surface area contributed by atoms with E-state index in [1.54, 1.807) is 0 Å². The number of rotatable bonds is 0. The van der Waals surface area contributed by atoms with Crippen molar-refractivity contribution in [3.05, 3.63) is 0 Å². The van der Waals surface area contributed by atoms with E-state index in [0.29, 0.717) is 0 Å². The first-order chi connectivity index (χ1) is 4.72. The lowest BCUT2D eigenvalue weighted by Crippen LogP contribution is -2.54. The van der Waals surface area contributed by atoms with Crippen LogP contribution in [0, 0.1) is 0 Å². The third kappa shape index (κ3) is 0.722. The minimum atomic E-state index is 0.0862. The SMILES string of the molecule is CN1C2CCCC1(N)CC2. The third-order valence-electron chi connectivity index (χ3n) is 3.31. The van der Waals surface area contributed by atoms with Crippen LogP contribution in [0.25, 0.3) is 0 Å². The molecule has 2 saturated heterocycles. The zero-order chi connectivity index (χ0) is 7.19. The highest BCUT2D eigenvalue weighted by atomic mass is 15.3. The molecule has 0 radical (unpaired) electrons. The first-order valence-electron chi connectivity index (χ1n) is 4.24. The largest absolute Gasteiger partial charge is 0.313 e. The van der Waals surface area contributed by atoms with E-state index in [1.807, 2.05) is 0 Å². The van der Waals surface area contributed by atoms with Crippen LogP contribution in [0.15, 0.2) is 0 Å². The molecule has 2 heterocycles. The maximum Gasteiger partial charge on any atom is 0.0687 e. The van der Waals surface area contributed by atoms with Gasteiger partial charge < -0.3 is 5.73 Å². The molecule has 2 nitrogen and oxygen atoms in total. The number of hydrogen-bond donors (Lipinski definition) is 1. The van der Waals surface area contributed by atoms with Gasteiger partial charge in [0.15, 0.2) is 0 Å². The highest BCUT2D eigenvalue weighted by Crippen LogP contribution is 2.38. The van der Waals surface area contributed by atoms with Gasteiger partial charge in [0.25, 0.3) is 0 Å². The first-order valence-corrected chi connectivity index (χ1v) is 4.24. The standard InChI is InChI=1S/C8H16N2/c1-10-7-3-2-5-8(10,9)6-4-7/h7H,2-6,9H2,1H3. The van der Waals surface area contributed by atoms with Crippen molar-refractivity contribution in [3.8, 4) is 0 Å². The van der Waals surface area contributed by atoms with Gasteiger partial charge in [0.2, 0.25) is 0 Å². The second-order valence-corrected chi connectivity index (χ2v) is 3.80. The summed E-state index contributed by atoms with van der Waals surface area (Å²) < 4.78 is 0. The minimum Gasteiger partial charge on any atom is -0.313 e. The molecule has 0 saturated carbocycles. The van der Waals surface area contributed by atoms with Crippen molar-refractivity contribution in [2.24, 2.45) is 5.73 Å². The van der Waals surface area contributed by atoms with Crippen LogP contribution < -0.4 is 5.73 Å². The van der Waals surface area contributed by atoms with Crippen LogP contribution in [-0.2, 0) is 0 Å². The first kappa shape index (κ1) is 6.62. The molecule has 0 amide bonds. The fourth-order valence-corrected chi connectivity index (χ4v) is 2.43. The van der Waals surface area contributed by atoms with Crippen molar-refractivity contribution in [3.63, 3.8) is 0 Å². The topological polar surface area (TPSA) is 29.3 Å². The Labute approximate surface area is 62.4 Å². The summed E-state index contributed by atoms with van der Waals surface area (Å²) in [5.41, 5.74) is 6.26. The van der Waals surface area contributed by atoms with Crippen molar-refractivity contribution >= 4 is 0 Å². The third-order valence-corrected chi connectivity index (χ3v) is 3.31. The van der Waals surface area contributed by atoms with Gasteiger partial charge in [0.05, 0.1) is 5.66 Å². The molecule has 10 heavy (non-hydrogen) atoms. The van der Waals surface area contributed by atoms with Crippen molar-refractivity contribution in [1.29, 1.82) is 0 Å². The number of hydrogen-bond acceptors (Lipinski definition) is 2. The molecule has 0 aromatic rings. The summed E-state index contributed by atoms with van der Waals surface area (Å²) in [6, 6.07) is 0.804. The predicted octanol–water partition coefficient (Wildman–Crippen LogP) is 0.919. The van der Waals surface area contributed by atoms with E-state index in [4.69, 9.17) is 5.73 Å². The van der Waals surface area contributed by atoms with Gasteiger partial charge in [-0.15, -0.1) is 0 Å². The zero-order valence-electron chi connectivity index (χ0n) is 6.64. The molecular formula is C8H16N2. The van der Waals surface area contributed by atoms with Gasteiger partial charge in [-0.1, -0.05) is 0 Å². The van der Waals surface area contributed by atoms with Crippen molar-refractivity contribution in [2.75, 3.05) is 7.05 Å². The minimum absolute atomic E-state index is 0.0862. The maximum absolute atomic E-state index is 6.17. The lowest BCUT2D eigenvalue weighted by Gasteiger charge is -2.39. The summed E-state index contributed by atoms with van der Waals surface area (Å²) in [6.45, 7) is 0. The monoisotopic (exact) mass is 140 g/mol. The number of fused-ring (bicyclic) bond motifs is 2. The molecule has 58 valence electrons. The van der Waals surface area contributed by atoms with Gasteiger partial charge in [-0.2, -0.15) is 0 Å². The van der Waals surface area contributed by atoms with Gasteiger partial charge >= 0.3 is 0 Å². The van der Waals surface area contributed by atoms with Crippen molar-refractivity contribution in [1.82, 2.24) is 4.90 Å². The van der Waals surface area contributed by atoms with Gasteiger partial charge in [0.1, 0.15) is 0 Å². The molecule has 2 N–H and O–H groups in total. The molecule has 2 aliphatic rings. The normalized spacial score (nSPS) is 48.0. The quantitative estimate of drug-likeness (QED) is 0.542. The fraction of sp³-hybridized carbons (Fsp3) is 1.00. The summed E-state index contributed by atoms with van der Waals surface area (Å²) in [7, 11) is 2.18. The lowest BCUT2D eigenvalue weighted by atomic mass is 9.99. The highest BCUT2D eigenvalue weighted by molar-refractivity contribution is 4.98. The molecule has 2 atom stereocenters. The molecule has 0 aliphatic carbocycles. The molecule has 2 aliphatic heterocycles. The Morgan fingerprint density at radius 3 is 2.80 bits per heavy atom. The Hall–Kier alpha value is -0.0800. The zero-order valence-corrected chi connectivity index (χ0v) is 6.64. The smallest absolute Gasteiger partial charge is 0.0687 e. The second-order valence-electron chi connectivity index (χ2n) is 3.80. The maximum atomic E-state index is 6.17. The van der Waals surface area contributed by atoms with Crippen molar-refractivity contribution < 1.29 is 0 Å². The predicted molar refractivity (Wildman–Crippen MR) is 41.6 cm³/mol. The molecule has 2 unspecified atom stereocenters. The molecule has 2 rings (SSSR count). The van der Waals surface area contributed by atoms with Crippen LogP contribution >= 0.6 is 0 Å². The summed E-state index contributed by atoms with van der Waals surface area (Å²) >= 11 is 0. The molecule has 2 fully saturated rings. The van der Waals surface area contributed by atoms with Gasteiger partial charge in [-0.3, -0.25) is 4.90 Å². The van der Waals surface area contributed by atoms with Gasteiger partial charge in [-0.25, -0.2) is 0 Å². The van der Waals surface area contributed by atoms with E-state index in [-0.39, 0.29) is 5.66 Å². The number of piperidine rings is 1. The van der Waals surface area contributed by atoms with Crippen LogP contribution in [0.3, 0.4) is 0 Å². The summed E-state index contributed by atoms with van der Waals surface area (Å²) in [5, 5.41) is 0.